The Morgan fingerprint density at radius 2 is 2.24 bits per heavy atom. The van der Waals surface area contributed by atoms with E-state index < -0.39 is 6.04 Å². The van der Waals surface area contributed by atoms with Gasteiger partial charge in [-0.25, -0.2) is 0 Å². The van der Waals surface area contributed by atoms with Gasteiger partial charge in [0.15, 0.2) is 0 Å². The number of esters is 1. The Morgan fingerprint density at radius 1 is 1.59 bits per heavy atom. The Kier molecular flexibility index (Phi) is 4.62. The molecule has 0 aromatic carbocycles. The summed E-state index contributed by atoms with van der Waals surface area (Å²) in [7, 11) is 1.46. The van der Waals surface area contributed by atoms with Gasteiger partial charge < -0.3 is 10.1 Å². The van der Waals surface area contributed by atoms with E-state index in [0.29, 0.717) is 6.61 Å². The second kappa shape index (κ2) is 5.77. The number of hydrogen-bond donors (Lipinski definition) is 1. The molecule has 1 aliphatic heterocycles. The Hall–Kier alpha value is -1.43. The van der Waals surface area contributed by atoms with Crippen LogP contribution in [0.5, 0.6) is 0 Å². The van der Waals surface area contributed by atoms with Gasteiger partial charge in [0.1, 0.15) is 0 Å². The molecule has 0 spiro atoms. The first-order valence-corrected chi connectivity index (χ1v) is 5.67. The monoisotopic (exact) mass is 242 g/mol. The predicted octanol–water partition coefficient (Wildman–Crippen LogP) is -0.325. The molecule has 2 atom stereocenters. The maximum atomic E-state index is 11.6. The van der Waals surface area contributed by atoms with E-state index in [9.17, 15) is 14.4 Å². The standard InChI is InChI=1S/C11H18N2O4/c1-4-17-10(15)5-7(2)12-8-6-9(14)13(3)11(8)16/h7-8,12H,4-6H2,1-3H3. The third-order valence-corrected chi connectivity index (χ3v) is 2.65. The van der Waals surface area contributed by atoms with Gasteiger partial charge in [-0.3, -0.25) is 19.3 Å². The van der Waals surface area contributed by atoms with E-state index in [1.807, 2.05) is 0 Å². The minimum Gasteiger partial charge on any atom is -0.466 e. The van der Waals surface area contributed by atoms with E-state index in [0.717, 1.165) is 4.90 Å². The van der Waals surface area contributed by atoms with Crippen LogP contribution in [0.15, 0.2) is 0 Å². The summed E-state index contributed by atoms with van der Waals surface area (Å²) in [4.78, 5) is 35.2. The van der Waals surface area contributed by atoms with Gasteiger partial charge in [0.2, 0.25) is 11.8 Å². The molecule has 0 aliphatic carbocycles. The normalized spacial score (nSPS) is 21.8. The van der Waals surface area contributed by atoms with Crippen molar-refractivity contribution in [3.8, 4) is 0 Å². The van der Waals surface area contributed by atoms with Crippen LogP contribution in [0.3, 0.4) is 0 Å². The maximum absolute atomic E-state index is 11.6. The zero-order valence-electron chi connectivity index (χ0n) is 10.4. The Bertz CT molecular complexity index is 329. The first-order valence-electron chi connectivity index (χ1n) is 5.67. The first-order chi connectivity index (χ1) is 7.95. The number of rotatable bonds is 5. The smallest absolute Gasteiger partial charge is 0.307 e. The van der Waals surface area contributed by atoms with E-state index in [2.05, 4.69) is 5.32 Å². The first kappa shape index (κ1) is 13.6. The number of carbonyl (C=O) groups excluding carboxylic acids is 3. The molecule has 1 aliphatic rings. The van der Waals surface area contributed by atoms with Crippen LogP contribution in [0.1, 0.15) is 26.7 Å². The molecule has 1 rings (SSSR count). The van der Waals surface area contributed by atoms with Crippen molar-refractivity contribution in [1.82, 2.24) is 10.2 Å². The molecular formula is C11H18N2O4. The number of imide groups is 1. The molecule has 6 nitrogen and oxygen atoms in total. The van der Waals surface area contributed by atoms with Crippen molar-refractivity contribution < 1.29 is 19.1 Å². The van der Waals surface area contributed by atoms with Crippen molar-refractivity contribution in [2.45, 2.75) is 38.8 Å². The summed E-state index contributed by atoms with van der Waals surface area (Å²) in [6.45, 7) is 3.87. The largest absolute Gasteiger partial charge is 0.466 e. The number of nitrogens with one attached hydrogen (secondary N) is 1. The van der Waals surface area contributed by atoms with E-state index >= 15 is 0 Å². The average Bonchev–Trinajstić information content (AvgIpc) is 2.46. The number of carbonyl (C=O) groups is 3. The molecule has 2 amide bonds. The number of nitrogens with zero attached hydrogens (tertiary/aromatic N) is 1. The van der Waals surface area contributed by atoms with Gasteiger partial charge in [0.05, 0.1) is 25.5 Å². The van der Waals surface area contributed by atoms with E-state index in [4.69, 9.17) is 4.74 Å². The van der Waals surface area contributed by atoms with Crippen LogP contribution in [0.2, 0.25) is 0 Å². The van der Waals surface area contributed by atoms with Crippen LogP contribution in [-0.4, -0.2) is 48.4 Å². The highest BCUT2D eigenvalue weighted by Gasteiger charge is 2.36. The molecule has 96 valence electrons. The van der Waals surface area contributed by atoms with E-state index in [1.165, 1.54) is 7.05 Å². The minimum absolute atomic E-state index is 0.155. The number of likely N-dealkylation sites (N-methyl/N-ethyl adjacent to an activating group) is 1. The molecule has 1 heterocycles. The summed E-state index contributed by atoms with van der Waals surface area (Å²) in [5.41, 5.74) is 0. The molecule has 1 fully saturated rings. The van der Waals surface area contributed by atoms with Crippen LogP contribution in [0.25, 0.3) is 0 Å². The van der Waals surface area contributed by atoms with Crippen molar-refractivity contribution in [1.29, 1.82) is 0 Å². The lowest BCUT2D eigenvalue weighted by Gasteiger charge is -2.16. The maximum Gasteiger partial charge on any atom is 0.307 e. The Balaban J connectivity index is 2.42. The summed E-state index contributed by atoms with van der Waals surface area (Å²) < 4.78 is 4.80. The summed E-state index contributed by atoms with van der Waals surface area (Å²) >= 11 is 0. The molecule has 0 radical (unpaired) electrons. The van der Waals surface area contributed by atoms with Gasteiger partial charge in [-0.15, -0.1) is 0 Å². The van der Waals surface area contributed by atoms with Gasteiger partial charge in [-0.05, 0) is 13.8 Å². The minimum atomic E-state index is -0.517. The fourth-order valence-corrected chi connectivity index (χ4v) is 1.76. The lowest BCUT2D eigenvalue weighted by molar-refractivity contribution is -0.144. The van der Waals surface area contributed by atoms with E-state index in [-0.39, 0.29) is 36.7 Å². The van der Waals surface area contributed by atoms with Gasteiger partial charge >= 0.3 is 5.97 Å². The van der Waals surface area contributed by atoms with Crippen molar-refractivity contribution in [3.05, 3.63) is 0 Å². The van der Waals surface area contributed by atoms with Crippen LogP contribution in [0.4, 0.5) is 0 Å². The third kappa shape index (κ3) is 3.52. The Morgan fingerprint density at radius 3 is 2.71 bits per heavy atom. The zero-order chi connectivity index (χ0) is 13.0. The molecule has 0 aromatic rings. The fourth-order valence-electron chi connectivity index (χ4n) is 1.76. The average molecular weight is 242 g/mol. The molecular weight excluding hydrogens is 224 g/mol. The van der Waals surface area contributed by atoms with Gasteiger partial charge in [-0.2, -0.15) is 0 Å². The van der Waals surface area contributed by atoms with Gasteiger partial charge in [0.25, 0.3) is 0 Å². The molecule has 1 N–H and O–H groups in total. The summed E-state index contributed by atoms with van der Waals surface area (Å²) in [5, 5.41) is 2.97. The second-order valence-electron chi connectivity index (χ2n) is 4.12. The molecule has 17 heavy (non-hydrogen) atoms. The van der Waals surface area contributed by atoms with Crippen LogP contribution in [0, 0.1) is 0 Å². The quantitative estimate of drug-likeness (QED) is 0.528. The highest BCUT2D eigenvalue weighted by Crippen LogP contribution is 2.11. The number of likely N-dealkylation sites (tertiary alicyclic amines) is 1. The molecule has 0 aromatic heterocycles. The summed E-state index contributed by atoms with van der Waals surface area (Å²) in [5.74, 6) is -0.751. The molecule has 1 saturated heterocycles. The SMILES string of the molecule is CCOC(=O)CC(C)NC1CC(=O)N(C)C1=O. The lowest BCUT2D eigenvalue weighted by Crippen LogP contribution is -2.42. The number of hydrogen-bond acceptors (Lipinski definition) is 5. The van der Waals surface area contributed by atoms with Crippen molar-refractivity contribution in [2.75, 3.05) is 13.7 Å². The highest BCUT2D eigenvalue weighted by atomic mass is 16.5. The van der Waals surface area contributed by atoms with Gasteiger partial charge in [-0.1, -0.05) is 0 Å². The van der Waals surface area contributed by atoms with Crippen molar-refractivity contribution in [3.63, 3.8) is 0 Å². The predicted molar refractivity (Wildman–Crippen MR) is 60.0 cm³/mol. The molecule has 2 unspecified atom stereocenters. The van der Waals surface area contributed by atoms with E-state index in [1.54, 1.807) is 13.8 Å². The van der Waals surface area contributed by atoms with Crippen LogP contribution < -0.4 is 5.32 Å². The highest BCUT2D eigenvalue weighted by molar-refractivity contribution is 6.05. The fraction of sp³-hybridized carbons (Fsp3) is 0.727. The number of ether oxygens (including phenoxy) is 1. The zero-order valence-corrected chi connectivity index (χ0v) is 10.4. The summed E-state index contributed by atoms with van der Waals surface area (Å²) in [6, 6.07) is -0.709. The van der Waals surface area contributed by atoms with Crippen molar-refractivity contribution >= 4 is 17.8 Å². The molecule has 0 saturated carbocycles. The van der Waals surface area contributed by atoms with Crippen LogP contribution in [-0.2, 0) is 19.1 Å². The Labute approximate surface area is 100 Å². The lowest BCUT2D eigenvalue weighted by atomic mass is 10.1. The second-order valence-corrected chi connectivity index (χ2v) is 4.12. The third-order valence-electron chi connectivity index (χ3n) is 2.65. The topological polar surface area (TPSA) is 75.7 Å². The van der Waals surface area contributed by atoms with Crippen LogP contribution >= 0.6 is 0 Å². The number of amides is 2. The van der Waals surface area contributed by atoms with Gasteiger partial charge in [0, 0.05) is 13.1 Å². The van der Waals surface area contributed by atoms with Crippen molar-refractivity contribution in [2.24, 2.45) is 0 Å². The summed E-state index contributed by atoms with van der Waals surface area (Å²) in [6.07, 6.45) is 0.345. The molecule has 0 bridgehead atoms. The molecule has 6 heteroatoms.